The van der Waals surface area contributed by atoms with Gasteiger partial charge in [-0.3, -0.25) is 0 Å². The number of carbonyl (C=O) groups is 2. The van der Waals surface area contributed by atoms with E-state index in [1.807, 2.05) is 18.2 Å². The van der Waals surface area contributed by atoms with E-state index in [4.69, 9.17) is 14.2 Å². The van der Waals surface area contributed by atoms with Crippen molar-refractivity contribution in [3.63, 3.8) is 0 Å². The van der Waals surface area contributed by atoms with Crippen LogP contribution >= 0.6 is 0 Å². The second kappa shape index (κ2) is 14.3. The highest BCUT2D eigenvalue weighted by molar-refractivity contribution is 5.87. The minimum absolute atomic E-state index is 0.315. The van der Waals surface area contributed by atoms with Crippen molar-refractivity contribution >= 4 is 18.0 Å². The first kappa shape index (κ1) is 24.3. The van der Waals surface area contributed by atoms with Gasteiger partial charge in [-0.2, -0.15) is 0 Å². The molecule has 6 nitrogen and oxygen atoms in total. The van der Waals surface area contributed by atoms with E-state index in [9.17, 15) is 9.59 Å². The van der Waals surface area contributed by atoms with Crippen molar-refractivity contribution in [1.29, 1.82) is 0 Å². The van der Waals surface area contributed by atoms with E-state index in [0.29, 0.717) is 30.3 Å². The van der Waals surface area contributed by atoms with Crippen LogP contribution in [0.4, 0.5) is 0 Å². The first-order chi connectivity index (χ1) is 14.0. The third kappa shape index (κ3) is 10.4. The molecular formula is C23H32O6. The maximum Gasteiger partial charge on any atom is 0.333 e. The Labute approximate surface area is 173 Å². The van der Waals surface area contributed by atoms with Crippen LogP contribution in [0.15, 0.2) is 36.4 Å². The van der Waals surface area contributed by atoms with Gasteiger partial charge in [0.1, 0.15) is 0 Å². The first-order valence-electron chi connectivity index (χ1n) is 9.87. The highest BCUT2D eigenvalue weighted by atomic mass is 16.5. The molecule has 0 bridgehead atoms. The smallest absolute Gasteiger partial charge is 0.333 e. The number of hydrogen-bond donors (Lipinski definition) is 0. The molecule has 0 unspecified atom stereocenters. The van der Waals surface area contributed by atoms with Crippen molar-refractivity contribution in [2.24, 2.45) is 0 Å². The summed E-state index contributed by atoms with van der Waals surface area (Å²) in [5, 5.41) is 0. The third-order valence-corrected chi connectivity index (χ3v) is 4.18. The van der Waals surface area contributed by atoms with Gasteiger partial charge in [-0.15, -0.1) is 0 Å². The topological polar surface area (TPSA) is 71.1 Å². The van der Waals surface area contributed by atoms with Gasteiger partial charge in [-0.1, -0.05) is 38.3 Å². The SMILES string of the molecule is C=C(C)C(=O)OCCCCCCCCOc1ccc(C=CC(=O)OC)cc1OC. The zero-order valence-electron chi connectivity index (χ0n) is 17.7. The lowest BCUT2D eigenvalue weighted by molar-refractivity contribution is -0.139. The van der Waals surface area contributed by atoms with Crippen LogP contribution in [0.1, 0.15) is 51.0 Å². The van der Waals surface area contributed by atoms with E-state index in [-0.39, 0.29) is 5.97 Å². The van der Waals surface area contributed by atoms with Crippen LogP contribution in [-0.2, 0) is 19.1 Å². The van der Waals surface area contributed by atoms with Crippen LogP contribution in [0.2, 0.25) is 0 Å². The molecule has 1 rings (SSSR count). The maximum atomic E-state index is 11.2. The number of unbranched alkanes of at least 4 members (excludes halogenated alkanes) is 5. The lowest BCUT2D eigenvalue weighted by Crippen LogP contribution is -2.06. The second-order valence-electron chi connectivity index (χ2n) is 6.65. The van der Waals surface area contributed by atoms with Crippen molar-refractivity contribution in [2.75, 3.05) is 27.4 Å². The molecule has 0 fully saturated rings. The number of esters is 2. The minimum atomic E-state index is -0.405. The van der Waals surface area contributed by atoms with Crippen LogP contribution in [0, 0.1) is 0 Å². The predicted octanol–water partition coefficient (Wildman–Crippen LogP) is 4.72. The van der Waals surface area contributed by atoms with E-state index in [2.05, 4.69) is 11.3 Å². The fourth-order valence-corrected chi connectivity index (χ4v) is 2.52. The van der Waals surface area contributed by atoms with Crippen LogP contribution in [0.25, 0.3) is 6.08 Å². The Balaban J connectivity index is 2.21. The molecule has 0 saturated heterocycles. The van der Waals surface area contributed by atoms with Crippen LogP contribution in [0.5, 0.6) is 11.5 Å². The Morgan fingerprint density at radius 1 is 0.966 bits per heavy atom. The zero-order chi connectivity index (χ0) is 21.5. The summed E-state index contributed by atoms with van der Waals surface area (Å²) >= 11 is 0. The molecule has 1 aromatic carbocycles. The molecule has 0 amide bonds. The number of rotatable bonds is 14. The molecule has 0 aliphatic carbocycles. The Morgan fingerprint density at radius 3 is 2.24 bits per heavy atom. The summed E-state index contributed by atoms with van der Waals surface area (Å²) in [7, 11) is 2.93. The van der Waals surface area contributed by atoms with Crippen molar-refractivity contribution in [3.8, 4) is 11.5 Å². The number of ether oxygens (including phenoxy) is 4. The van der Waals surface area contributed by atoms with Gasteiger partial charge in [-0.05, 0) is 43.5 Å². The molecule has 0 aromatic heterocycles. The van der Waals surface area contributed by atoms with Gasteiger partial charge in [0, 0.05) is 11.6 Å². The highest BCUT2D eigenvalue weighted by Gasteiger charge is 2.05. The molecule has 6 heteroatoms. The molecular weight excluding hydrogens is 372 g/mol. The maximum absolute atomic E-state index is 11.2. The summed E-state index contributed by atoms with van der Waals surface area (Å²) in [6.07, 6.45) is 9.20. The molecule has 0 saturated carbocycles. The Morgan fingerprint density at radius 2 is 1.62 bits per heavy atom. The normalized spacial score (nSPS) is 10.6. The number of benzene rings is 1. The third-order valence-electron chi connectivity index (χ3n) is 4.18. The number of carbonyl (C=O) groups excluding carboxylic acids is 2. The Hall–Kier alpha value is -2.76. The van der Waals surface area contributed by atoms with Gasteiger partial charge in [0.25, 0.3) is 0 Å². The summed E-state index contributed by atoms with van der Waals surface area (Å²) in [5.41, 5.74) is 1.27. The summed E-state index contributed by atoms with van der Waals surface area (Å²) in [6, 6.07) is 5.51. The summed E-state index contributed by atoms with van der Waals surface area (Å²) in [6.45, 7) is 6.27. The molecule has 160 valence electrons. The average molecular weight is 405 g/mol. The van der Waals surface area contributed by atoms with Gasteiger partial charge in [0.2, 0.25) is 0 Å². The van der Waals surface area contributed by atoms with Gasteiger partial charge in [0.05, 0.1) is 27.4 Å². The fourth-order valence-electron chi connectivity index (χ4n) is 2.52. The molecule has 0 heterocycles. The fraction of sp³-hybridized carbons (Fsp3) is 0.478. The number of hydrogen-bond acceptors (Lipinski definition) is 6. The molecule has 0 N–H and O–H groups in total. The largest absolute Gasteiger partial charge is 0.493 e. The molecule has 0 aliphatic rings. The van der Waals surface area contributed by atoms with Gasteiger partial charge in [0.15, 0.2) is 11.5 Å². The monoisotopic (exact) mass is 404 g/mol. The molecule has 29 heavy (non-hydrogen) atoms. The van der Waals surface area contributed by atoms with Crippen molar-refractivity contribution in [2.45, 2.75) is 45.4 Å². The lowest BCUT2D eigenvalue weighted by atomic mass is 10.1. The van der Waals surface area contributed by atoms with E-state index in [0.717, 1.165) is 44.1 Å². The van der Waals surface area contributed by atoms with Crippen molar-refractivity contribution in [1.82, 2.24) is 0 Å². The standard InChI is InChI=1S/C23H32O6/c1-18(2)23(25)29-16-10-8-6-5-7-9-15-28-20-13-11-19(17-21(20)26-3)12-14-22(24)27-4/h11-14,17H,1,5-10,15-16H2,2-4H3. The van der Waals surface area contributed by atoms with Crippen LogP contribution in [0.3, 0.4) is 0 Å². The summed E-state index contributed by atoms with van der Waals surface area (Å²) in [5.74, 6) is 0.589. The Bertz CT molecular complexity index is 693. The minimum Gasteiger partial charge on any atom is -0.493 e. The van der Waals surface area contributed by atoms with E-state index in [1.54, 1.807) is 20.1 Å². The van der Waals surface area contributed by atoms with E-state index >= 15 is 0 Å². The second-order valence-corrected chi connectivity index (χ2v) is 6.65. The number of methoxy groups -OCH3 is 2. The predicted molar refractivity (Wildman–Crippen MR) is 113 cm³/mol. The van der Waals surface area contributed by atoms with Gasteiger partial charge < -0.3 is 18.9 Å². The molecule has 1 aromatic rings. The first-order valence-corrected chi connectivity index (χ1v) is 9.87. The van der Waals surface area contributed by atoms with E-state index < -0.39 is 5.97 Å². The summed E-state index contributed by atoms with van der Waals surface area (Å²) in [4.78, 5) is 22.4. The van der Waals surface area contributed by atoms with Gasteiger partial charge >= 0.3 is 11.9 Å². The summed E-state index contributed by atoms with van der Waals surface area (Å²) < 4.78 is 20.8. The average Bonchev–Trinajstić information content (AvgIpc) is 2.73. The molecule has 0 aliphatic heterocycles. The lowest BCUT2D eigenvalue weighted by Gasteiger charge is -2.11. The van der Waals surface area contributed by atoms with E-state index in [1.165, 1.54) is 13.2 Å². The zero-order valence-corrected chi connectivity index (χ0v) is 17.7. The van der Waals surface area contributed by atoms with Gasteiger partial charge in [-0.25, -0.2) is 9.59 Å². The molecule has 0 spiro atoms. The molecule has 0 atom stereocenters. The quantitative estimate of drug-likeness (QED) is 0.254. The Kier molecular flexibility index (Phi) is 11.9. The van der Waals surface area contributed by atoms with Crippen molar-refractivity contribution < 1.29 is 28.5 Å². The molecule has 0 radical (unpaired) electrons. The van der Waals surface area contributed by atoms with Crippen LogP contribution in [-0.4, -0.2) is 39.4 Å². The van der Waals surface area contributed by atoms with Crippen molar-refractivity contribution in [3.05, 3.63) is 42.0 Å². The highest BCUT2D eigenvalue weighted by Crippen LogP contribution is 2.28. The van der Waals surface area contributed by atoms with Crippen LogP contribution < -0.4 is 9.47 Å².